The first kappa shape index (κ1) is 26.9. The van der Waals surface area contributed by atoms with Crippen LogP contribution in [0.4, 0.5) is 10.1 Å². The van der Waals surface area contributed by atoms with E-state index in [1.54, 1.807) is 12.3 Å². The summed E-state index contributed by atoms with van der Waals surface area (Å²) in [5.74, 6) is -0.576. The first-order valence-corrected chi connectivity index (χ1v) is 13.2. The molecule has 3 aromatic rings. The van der Waals surface area contributed by atoms with Gasteiger partial charge in [-0.05, 0) is 67.0 Å². The minimum atomic E-state index is -0.770. The topological polar surface area (TPSA) is 62.2 Å². The number of rotatable bonds is 10. The summed E-state index contributed by atoms with van der Waals surface area (Å²) >= 11 is 6.01. The minimum absolute atomic E-state index is 0.0406. The number of aromatic hydroxyl groups is 1. The molecule has 2 aromatic carbocycles. The predicted octanol–water partition coefficient (Wildman–Crippen LogP) is 8.65. The van der Waals surface area contributed by atoms with E-state index in [0.29, 0.717) is 17.0 Å². The fourth-order valence-corrected chi connectivity index (χ4v) is 4.67. The van der Waals surface area contributed by atoms with E-state index in [9.17, 15) is 14.3 Å². The summed E-state index contributed by atoms with van der Waals surface area (Å²) in [7, 11) is 0. The van der Waals surface area contributed by atoms with Gasteiger partial charge < -0.3 is 10.4 Å². The quantitative estimate of drug-likeness (QED) is 0.274. The number of benzene rings is 2. The van der Waals surface area contributed by atoms with E-state index in [1.807, 2.05) is 32.0 Å². The molecule has 0 atom stereocenters. The highest BCUT2D eigenvalue weighted by Gasteiger charge is 2.32. The number of phenols is 1. The number of anilines is 1. The maximum Gasteiger partial charge on any atom is 0.170 e. The van der Waals surface area contributed by atoms with Gasteiger partial charge in [-0.3, -0.25) is 9.78 Å². The molecule has 1 aliphatic carbocycles. The molecule has 0 amide bonds. The van der Waals surface area contributed by atoms with Crippen LogP contribution in [0, 0.1) is 17.7 Å². The van der Waals surface area contributed by atoms with Crippen LogP contribution in [0.2, 0.25) is 5.02 Å². The second-order valence-corrected chi connectivity index (χ2v) is 9.44. The number of ketones is 1. The smallest absolute Gasteiger partial charge is 0.170 e. The summed E-state index contributed by atoms with van der Waals surface area (Å²) in [5, 5.41) is 14.1. The Morgan fingerprint density at radius 1 is 1.14 bits per heavy atom. The summed E-state index contributed by atoms with van der Waals surface area (Å²) < 4.78 is 14.1. The highest BCUT2D eigenvalue weighted by Crippen LogP contribution is 2.39. The van der Waals surface area contributed by atoms with Gasteiger partial charge in [0, 0.05) is 24.0 Å². The molecule has 0 radical (unpaired) electrons. The van der Waals surface area contributed by atoms with E-state index >= 15 is 0 Å². The van der Waals surface area contributed by atoms with E-state index < -0.39 is 11.6 Å². The summed E-state index contributed by atoms with van der Waals surface area (Å²) in [6.45, 7) is 9.18. The molecule has 0 aliphatic heterocycles. The van der Waals surface area contributed by atoms with E-state index in [0.717, 1.165) is 67.2 Å². The molecule has 1 heterocycles. The van der Waals surface area contributed by atoms with Gasteiger partial charge in [0.25, 0.3) is 0 Å². The number of carbonyl (C=O) groups excluding carboxylic acids is 1. The van der Waals surface area contributed by atoms with Crippen LogP contribution in [0.5, 0.6) is 5.75 Å². The van der Waals surface area contributed by atoms with Gasteiger partial charge in [-0.25, -0.2) is 4.39 Å². The van der Waals surface area contributed by atoms with Crippen molar-refractivity contribution in [3.8, 4) is 16.9 Å². The monoisotopic (exact) mass is 498 g/mol. The van der Waals surface area contributed by atoms with Crippen molar-refractivity contribution in [2.24, 2.45) is 11.8 Å². The third-order valence-electron chi connectivity index (χ3n) is 6.39. The number of phenolic OH excluding ortho intramolecular Hbond substituents is 1. The standard InChI is InChI=1S/C27H30ClFN2O2.C2H6/c1-3-5-16(6-4-2)14-31-25-20-11-18(19-12-22(28)27(33)23(29)13-19)9-10-24(20)30-15-21(25)26(32)17-7-8-17;1-2/h9-13,15-17,33H,3-8,14H2,1-2H3,(H,30,31);1-2H3. The number of pyridine rings is 1. The zero-order valence-corrected chi connectivity index (χ0v) is 21.9. The van der Waals surface area contributed by atoms with Crippen LogP contribution in [0.1, 0.15) is 76.6 Å². The van der Waals surface area contributed by atoms with Gasteiger partial charge in [0.15, 0.2) is 17.3 Å². The van der Waals surface area contributed by atoms with Crippen LogP contribution < -0.4 is 5.32 Å². The third kappa shape index (κ3) is 6.32. The number of nitrogens with one attached hydrogen (secondary N) is 1. The molecule has 0 saturated heterocycles. The zero-order chi connectivity index (χ0) is 25.5. The molecule has 1 aliphatic rings. The summed E-state index contributed by atoms with van der Waals surface area (Å²) in [6, 6.07) is 8.45. The average Bonchev–Trinajstić information content (AvgIpc) is 3.71. The van der Waals surface area contributed by atoms with E-state index in [1.165, 1.54) is 6.07 Å². The third-order valence-corrected chi connectivity index (χ3v) is 6.68. The van der Waals surface area contributed by atoms with Crippen molar-refractivity contribution in [3.63, 3.8) is 0 Å². The molecule has 1 fully saturated rings. The second-order valence-electron chi connectivity index (χ2n) is 9.03. The number of hydrogen-bond donors (Lipinski definition) is 2. The molecule has 35 heavy (non-hydrogen) atoms. The van der Waals surface area contributed by atoms with Gasteiger partial charge in [-0.15, -0.1) is 0 Å². The van der Waals surface area contributed by atoms with Gasteiger partial charge in [-0.2, -0.15) is 0 Å². The largest absolute Gasteiger partial charge is 0.504 e. The lowest BCUT2D eigenvalue weighted by Gasteiger charge is -2.20. The number of nitrogens with zero attached hydrogens (tertiary/aromatic N) is 1. The first-order chi connectivity index (χ1) is 16.9. The van der Waals surface area contributed by atoms with Crippen LogP contribution >= 0.6 is 11.6 Å². The highest BCUT2D eigenvalue weighted by molar-refractivity contribution is 6.32. The molecule has 6 heteroatoms. The Labute approximate surface area is 212 Å². The summed E-state index contributed by atoms with van der Waals surface area (Å²) in [6.07, 6.45) is 8.05. The molecule has 188 valence electrons. The zero-order valence-electron chi connectivity index (χ0n) is 21.1. The number of halogens is 2. The van der Waals surface area contributed by atoms with Crippen LogP contribution in [0.3, 0.4) is 0 Å². The maximum absolute atomic E-state index is 14.1. The highest BCUT2D eigenvalue weighted by atomic mass is 35.5. The molecule has 1 aromatic heterocycles. The fourth-order valence-electron chi connectivity index (χ4n) is 4.46. The van der Waals surface area contributed by atoms with Crippen LogP contribution in [-0.2, 0) is 0 Å². The van der Waals surface area contributed by atoms with Gasteiger partial charge in [0.2, 0.25) is 0 Å². The molecule has 0 unspecified atom stereocenters. The number of carbonyl (C=O) groups is 1. The molecule has 4 nitrogen and oxygen atoms in total. The van der Waals surface area contributed by atoms with Crippen molar-refractivity contribution in [2.45, 2.75) is 66.2 Å². The second kappa shape index (κ2) is 12.3. The lowest BCUT2D eigenvalue weighted by Crippen LogP contribution is -2.17. The molecular formula is C29H36ClFN2O2. The molecule has 1 saturated carbocycles. The first-order valence-electron chi connectivity index (χ1n) is 12.8. The molecule has 0 spiro atoms. The lowest BCUT2D eigenvalue weighted by molar-refractivity contribution is 0.0968. The Morgan fingerprint density at radius 3 is 2.43 bits per heavy atom. The van der Waals surface area contributed by atoms with Crippen molar-refractivity contribution >= 4 is 34.0 Å². The molecule has 4 rings (SSSR count). The Hall–Kier alpha value is -2.66. The van der Waals surface area contributed by atoms with Crippen LogP contribution in [-0.4, -0.2) is 22.4 Å². The van der Waals surface area contributed by atoms with Gasteiger partial charge >= 0.3 is 0 Å². The average molecular weight is 499 g/mol. The van der Waals surface area contributed by atoms with Gasteiger partial charge in [0.1, 0.15) is 0 Å². The summed E-state index contributed by atoms with van der Waals surface area (Å²) in [5.41, 5.74) is 3.49. The Morgan fingerprint density at radius 2 is 1.83 bits per heavy atom. The summed E-state index contributed by atoms with van der Waals surface area (Å²) in [4.78, 5) is 17.6. The van der Waals surface area contributed by atoms with Crippen molar-refractivity contribution in [3.05, 3.63) is 52.9 Å². The Bertz CT molecular complexity index is 1150. The SMILES string of the molecule is CC.CCCC(CCC)CNc1c(C(=O)C2CC2)cnc2ccc(-c3cc(F)c(O)c(Cl)c3)cc12. The van der Waals surface area contributed by atoms with E-state index in [4.69, 9.17) is 11.6 Å². The fraction of sp³-hybridized carbons (Fsp3) is 0.448. The van der Waals surface area contributed by atoms with Gasteiger partial charge in [0.05, 0.1) is 21.8 Å². The van der Waals surface area contributed by atoms with Crippen molar-refractivity contribution in [1.82, 2.24) is 4.98 Å². The number of fused-ring (bicyclic) bond motifs is 1. The Balaban J connectivity index is 0.00000167. The van der Waals surface area contributed by atoms with Crippen LogP contribution in [0.15, 0.2) is 36.5 Å². The number of Topliss-reactive ketones (excluding diaryl/α,β-unsaturated/α-hetero) is 1. The van der Waals surface area contributed by atoms with E-state index in [-0.39, 0.29) is 16.7 Å². The maximum atomic E-state index is 14.1. The minimum Gasteiger partial charge on any atom is -0.504 e. The van der Waals surface area contributed by atoms with Gasteiger partial charge in [-0.1, -0.05) is 58.2 Å². The van der Waals surface area contributed by atoms with Crippen LogP contribution in [0.25, 0.3) is 22.0 Å². The number of hydrogen-bond acceptors (Lipinski definition) is 4. The molecule has 2 N–H and O–H groups in total. The molecular weight excluding hydrogens is 463 g/mol. The van der Waals surface area contributed by atoms with Crippen molar-refractivity contribution < 1.29 is 14.3 Å². The number of aromatic nitrogens is 1. The lowest BCUT2D eigenvalue weighted by atomic mass is 9.96. The van der Waals surface area contributed by atoms with E-state index in [2.05, 4.69) is 24.1 Å². The normalized spacial score (nSPS) is 13.0. The predicted molar refractivity (Wildman–Crippen MR) is 144 cm³/mol. The Kier molecular flexibility index (Phi) is 9.50. The molecule has 0 bridgehead atoms. The van der Waals surface area contributed by atoms with Crippen molar-refractivity contribution in [2.75, 3.05) is 11.9 Å². The van der Waals surface area contributed by atoms with Crippen molar-refractivity contribution in [1.29, 1.82) is 0 Å².